The van der Waals surface area contributed by atoms with Gasteiger partial charge in [-0.25, -0.2) is 0 Å². The number of fused-ring (bicyclic) bond motifs is 1. The number of aromatic nitrogens is 1. The van der Waals surface area contributed by atoms with Gasteiger partial charge in [-0.05, 0) is 18.6 Å². The van der Waals surface area contributed by atoms with Crippen molar-refractivity contribution in [3.63, 3.8) is 0 Å². The zero-order valence-electron chi connectivity index (χ0n) is 10.2. The molecule has 0 aliphatic carbocycles. The van der Waals surface area contributed by atoms with E-state index in [0.717, 1.165) is 17.3 Å². The zero-order chi connectivity index (χ0) is 13.0. The molecule has 0 aliphatic heterocycles. The Hall–Kier alpha value is -2.28. The summed E-state index contributed by atoms with van der Waals surface area (Å²) in [6.45, 7) is 1.96. The molecule has 1 amide bonds. The first-order valence-electron chi connectivity index (χ1n) is 6.00. The summed E-state index contributed by atoms with van der Waals surface area (Å²) in [6, 6.07) is 9.52. The molecule has 1 unspecified atom stereocenters. The molecule has 2 N–H and O–H groups in total. The van der Waals surface area contributed by atoms with Gasteiger partial charge in [-0.3, -0.25) is 4.79 Å². The maximum Gasteiger partial charge on any atom is 0.253 e. The molecule has 4 heteroatoms. The summed E-state index contributed by atoms with van der Waals surface area (Å²) in [5, 5.41) is 12.6. The second-order valence-corrected chi connectivity index (χ2v) is 4.19. The number of hydrogen-bond acceptors (Lipinski definition) is 2. The van der Waals surface area contributed by atoms with Crippen molar-refractivity contribution in [3.8, 4) is 6.07 Å². The fourth-order valence-electron chi connectivity index (χ4n) is 1.94. The van der Waals surface area contributed by atoms with Gasteiger partial charge in [-0.2, -0.15) is 5.26 Å². The van der Waals surface area contributed by atoms with Crippen LogP contribution in [0.3, 0.4) is 0 Å². The van der Waals surface area contributed by atoms with Crippen molar-refractivity contribution in [1.82, 2.24) is 10.3 Å². The van der Waals surface area contributed by atoms with Crippen molar-refractivity contribution in [3.05, 3.63) is 36.0 Å². The third kappa shape index (κ3) is 2.35. The van der Waals surface area contributed by atoms with Crippen molar-refractivity contribution in [2.24, 2.45) is 0 Å². The molecule has 0 saturated heterocycles. The first-order chi connectivity index (χ1) is 8.76. The predicted octanol–water partition coefficient (Wildman–Crippen LogP) is 2.59. The normalized spacial score (nSPS) is 12.0. The highest BCUT2D eigenvalue weighted by molar-refractivity contribution is 6.05. The fourth-order valence-corrected chi connectivity index (χ4v) is 1.94. The summed E-state index contributed by atoms with van der Waals surface area (Å²) < 4.78 is 0. The molecule has 0 radical (unpaired) electrons. The van der Waals surface area contributed by atoms with Gasteiger partial charge in [0.15, 0.2) is 0 Å². The van der Waals surface area contributed by atoms with Crippen molar-refractivity contribution in [1.29, 1.82) is 5.26 Å². The van der Waals surface area contributed by atoms with Crippen LogP contribution in [-0.4, -0.2) is 16.9 Å². The van der Waals surface area contributed by atoms with Crippen molar-refractivity contribution >= 4 is 16.8 Å². The Bertz CT molecular complexity index is 594. The summed E-state index contributed by atoms with van der Waals surface area (Å²) in [7, 11) is 0. The Morgan fingerprint density at radius 3 is 3.06 bits per heavy atom. The van der Waals surface area contributed by atoms with E-state index in [1.165, 1.54) is 0 Å². The lowest BCUT2D eigenvalue weighted by molar-refractivity contribution is 0.0938. The lowest BCUT2D eigenvalue weighted by Gasteiger charge is -2.13. The number of nitrogens with zero attached hydrogens (tertiary/aromatic N) is 1. The second kappa shape index (κ2) is 5.37. The van der Waals surface area contributed by atoms with Crippen LogP contribution in [0.2, 0.25) is 0 Å². The summed E-state index contributed by atoms with van der Waals surface area (Å²) in [5.74, 6) is -0.134. The van der Waals surface area contributed by atoms with E-state index in [-0.39, 0.29) is 11.9 Å². The highest BCUT2D eigenvalue weighted by Gasteiger charge is 2.14. The van der Waals surface area contributed by atoms with Crippen LogP contribution in [0, 0.1) is 11.3 Å². The topological polar surface area (TPSA) is 68.7 Å². The van der Waals surface area contributed by atoms with Crippen LogP contribution in [0.1, 0.15) is 30.1 Å². The average molecular weight is 241 g/mol. The number of aromatic amines is 1. The van der Waals surface area contributed by atoms with Crippen LogP contribution in [-0.2, 0) is 0 Å². The van der Waals surface area contributed by atoms with Crippen LogP contribution in [0.5, 0.6) is 0 Å². The van der Waals surface area contributed by atoms with Gasteiger partial charge in [0.2, 0.25) is 0 Å². The van der Waals surface area contributed by atoms with Gasteiger partial charge in [0.25, 0.3) is 5.91 Å². The number of carbonyl (C=O) groups is 1. The molecule has 0 bridgehead atoms. The number of carbonyl (C=O) groups excluding carboxylic acids is 1. The molecular weight excluding hydrogens is 226 g/mol. The number of para-hydroxylation sites is 1. The van der Waals surface area contributed by atoms with Crippen LogP contribution >= 0.6 is 0 Å². The summed E-state index contributed by atoms with van der Waals surface area (Å²) in [6.07, 6.45) is 2.90. The second-order valence-electron chi connectivity index (χ2n) is 4.19. The number of rotatable bonds is 4. The quantitative estimate of drug-likeness (QED) is 0.863. The molecule has 2 aromatic rings. The molecule has 0 saturated carbocycles. The molecule has 1 heterocycles. The number of H-pyrrole nitrogens is 1. The lowest BCUT2D eigenvalue weighted by atomic mass is 10.1. The average Bonchev–Trinajstić information content (AvgIpc) is 2.85. The Morgan fingerprint density at radius 1 is 1.50 bits per heavy atom. The third-order valence-electron chi connectivity index (χ3n) is 3.00. The molecule has 4 nitrogen and oxygen atoms in total. The fraction of sp³-hybridized carbons (Fsp3) is 0.286. The molecule has 1 aromatic carbocycles. The minimum atomic E-state index is -0.134. The van der Waals surface area contributed by atoms with Crippen molar-refractivity contribution < 1.29 is 4.79 Å². The smallest absolute Gasteiger partial charge is 0.253 e. The molecule has 2 rings (SSSR count). The molecule has 1 atom stereocenters. The largest absolute Gasteiger partial charge is 0.361 e. The molecule has 92 valence electrons. The van der Waals surface area contributed by atoms with Gasteiger partial charge >= 0.3 is 0 Å². The van der Waals surface area contributed by atoms with Crippen LogP contribution in [0.15, 0.2) is 30.5 Å². The van der Waals surface area contributed by atoms with Crippen molar-refractivity contribution in [2.75, 3.05) is 0 Å². The predicted molar refractivity (Wildman–Crippen MR) is 70.1 cm³/mol. The molecule has 0 aliphatic rings. The van der Waals surface area contributed by atoms with E-state index in [1.807, 2.05) is 31.3 Å². The maximum absolute atomic E-state index is 12.2. The minimum Gasteiger partial charge on any atom is -0.361 e. The number of nitriles is 1. The number of benzene rings is 1. The molecule has 0 spiro atoms. The Morgan fingerprint density at radius 2 is 2.33 bits per heavy atom. The molecule has 18 heavy (non-hydrogen) atoms. The number of amides is 1. The molecule has 1 aromatic heterocycles. The summed E-state index contributed by atoms with van der Waals surface area (Å²) in [5.41, 5.74) is 1.45. The van der Waals surface area contributed by atoms with E-state index >= 15 is 0 Å². The molecule has 0 fully saturated rings. The Balaban J connectivity index is 2.23. The van der Waals surface area contributed by atoms with E-state index in [0.29, 0.717) is 12.0 Å². The number of hydrogen-bond donors (Lipinski definition) is 2. The van der Waals surface area contributed by atoms with Gasteiger partial charge in [0, 0.05) is 17.6 Å². The van der Waals surface area contributed by atoms with E-state index in [1.54, 1.807) is 6.07 Å². The van der Waals surface area contributed by atoms with E-state index in [2.05, 4.69) is 16.4 Å². The van der Waals surface area contributed by atoms with Gasteiger partial charge in [-0.15, -0.1) is 0 Å². The van der Waals surface area contributed by atoms with E-state index < -0.39 is 0 Å². The minimum absolute atomic E-state index is 0.0901. The maximum atomic E-state index is 12.2. The van der Waals surface area contributed by atoms with Gasteiger partial charge in [-0.1, -0.05) is 19.1 Å². The van der Waals surface area contributed by atoms with Crippen LogP contribution < -0.4 is 5.32 Å². The van der Waals surface area contributed by atoms with E-state index in [4.69, 9.17) is 5.26 Å². The third-order valence-corrected chi connectivity index (χ3v) is 3.00. The first-order valence-corrected chi connectivity index (χ1v) is 6.00. The summed E-state index contributed by atoms with van der Waals surface area (Å²) in [4.78, 5) is 15.2. The van der Waals surface area contributed by atoms with Gasteiger partial charge < -0.3 is 10.3 Å². The lowest BCUT2D eigenvalue weighted by Crippen LogP contribution is -2.34. The van der Waals surface area contributed by atoms with Gasteiger partial charge in [0.05, 0.1) is 23.6 Å². The highest BCUT2D eigenvalue weighted by atomic mass is 16.1. The van der Waals surface area contributed by atoms with Crippen LogP contribution in [0.4, 0.5) is 0 Å². The Kier molecular flexibility index (Phi) is 3.63. The highest BCUT2D eigenvalue weighted by Crippen LogP contribution is 2.17. The van der Waals surface area contributed by atoms with Crippen LogP contribution in [0.25, 0.3) is 10.9 Å². The molecular formula is C14H15N3O. The number of nitrogens with one attached hydrogen (secondary N) is 2. The SMILES string of the molecule is CCC(CC#N)NC(=O)c1cccc2cc[nH]c12. The standard InChI is InChI=1S/C14H15N3O/c1-2-11(6-8-15)17-14(18)12-5-3-4-10-7-9-16-13(10)12/h3-5,7,9,11,16H,2,6H2,1H3,(H,17,18). The monoisotopic (exact) mass is 241 g/mol. The van der Waals surface area contributed by atoms with E-state index in [9.17, 15) is 4.79 Å². The van der Waals surface area contributed by atoms with Gasteiger partial charge in [0.1, 0.15) is 0 Å². The first kappa shape index (κ1) is 12.2. The zero-order valence-corrected chi connectivity index (χ0v) is 10.2. The van der Waals surface area contributed by atoms with Crippen molar-refractivity contribution in [2.45, 2.75) is 25.8 Å². The Labute approximate surface area is 106 Å². The summed E-state index contributed by atoms with van der Waals surface area (Å²) >= 11 is 0.